The number of amides is 1. The lowest BCUT2D eigenvalue weighted by Gasteiger charge is -2.13. The molecule has 5 heteroatoms. The molecule has 0 bridgehead atoms. The van der Waals surface area contributed by atoms with Gasteiger partial charge in [-0.25, -0.2) is 0 Å². The molecule has 1 amide bonds. The van der Waals surface area contributed by atoms with Crippen LogP contribution in [0.5, 0.6) is 0 Å². The molecular formula is C12H14ClN3O. The fourth-order valence-electron chi connectivity index (χ4n) is 2.41. The van der Waals surface area contributed by atoms with Crippen molar-refractivity contribution in [2.24, 2.45) is 7.05 Å². The van der Waals surface area contributed by atoms with Crippen molar-refractivity contribution in [1.82, 2.24) is 4.57 Å². The third kappa shape index (κ3) is 2.03. The van der Waals surface area contributed by atoms with Crippen LogP contribution in [0.15, 0.2) is 0 Å². The van der Waals surface area contributed by atoms with Crippen molar-refractivity contribution >= 4 is 23.3 Å². The second-order valence-corrected chi connectivity index (χ2v) is 4.48. The number of hydrogen-bond acceptors (Lipinski definition) is 2. The number of anilines is 1. The SMILES string of the molecule is Cn1c2c(c(C#N)c1NC(=O)CCl)CCCC2. The van der Waals surface area contributed by atoms with E-state index >= 15 is 0 Å². The van der Waals surface area contributed by atoms with Gasteiger partial charge >= 0.3 is 0 Å². The minimum Gasteiger partial charge on any atom is -0.333 e. The van der Waals surface area contributed by atoms with Crippen molar-refractivity contribution in [3.05, 3.63) is 16.8 Å². The van der Waals surface area contributed by atoms with Crippen molar-refractivity contribution in [3.8, 4) is 6.07 Å². The van der Waals surface area contributed by atoms with E-state index in [0.717, 1.165) is 36.9 Å². The van der Waals surface area contributed by atoms with Crippen LogP contribution in [-0.4, -0.2) is 16.4 Å². The number of nitriles is 1. The van der Waals surface area contributed by atoms with E-state index in [1.807, 2.05) is 11.6 Å². The summed E-state index contributed by atoms with van der Waals surface area (Å²) < 4.78 is 1.91. The average Bonchev–Trinajstić information content (AvgIpc) is 2.63. The minimum atomic E-state index is -0.277. The lowest BCUT2D eigenvalue weighted by atomic mass is 9.95. The highest BCUT2D eigenvalue weighted by atomic mass is 35.5. The molecule has 0 radical (unpaired) electrons. The lowest BCUT2D eigenvalue weighted by molar-refractivity contribution is -0.114. The Kier molecular flexibility index (Phi) is 3.39. The summed E-state index contributed by atoms with van der Waals surface area (Å²) in [5.41, 5.74) is 2.85. The number of carbonyl (C=O) groups excluding carboxylic acids is 1. The van der Waals surface area contributed by atoms with Crippen LogP contribution in [0, 0.1) is 11.3 Å². The molecule has 2 rings (SSSR count). The van der Waals surface area contributed by atoms with Gasteiger partial charge in [-0.2, -0.15) is 5.26 Å². The Labute approximate surface area is 105 Å². The minimum absolute atomic E-state index is 0.0965. The number of rotatable bonds is 2. The molecule has 90 valence electrons. The number of alkyl halides is 1. The average molecular weight is 252 g/mol. The first kappa shape index (κ1) is 12.0. The molecule has 1 heterocycles. The van der Waals surface area contributed by atoms with Gasteiger partial charge in [-0.05, 0) is 31.2 Å². The predicted molar refractivity (Wildman–Crippen MR) is 66.1 cm³/mol. The summed E-state index contributed by atoms with van der Waals surface area (Å²) in [6, 6.07) is 2.20. The third-order valence-electron chi connectivity index (χ3n) is 3.21. The van der Waals surface area contributed by atoms with Crippen LogP contribution in [-0.2, 0) is 24.7 Å². The molecule has 0 aliphatic heterocycles. The largest absolute Gasteiger partial charge is 0.333 e. The number of halogens is 1. The Hall–Kier alpha value is -1.47. The molecular weight excluding hydrogens is 238 g/mol. The highest BCUT2D eigenvalue weighted by Crippen LogP contribution is 2.31. The monoisotopic (exact) mass is 251 g/mol. The summed E-state index contributed by atoms with van der Waals surface area (Å²) >= 11 is 5.47. The summed E-state index contributed by atoms with van der Waals surface area (Å²) in [4.78, 5) is 11.3. The number of nitrogens with one attached hydrogen (secondary N) is 1. The summed E-state index contributed by atoms with van der Waals surface area (Å²) in [5, 5.41) is 11.9. The Morgan fingerprint density at radius 3 is 2.88 bits per heavy atom. The summed E-state index contributed by atoms with van der Waals surface area (Å²) in [6.45, 7) is 0. The smallest absolute Gasteiger partial charge is 0.240 e. The third-order valence-corrected chi connectivity index (χ3v) is 3.45. The number of nitrogens with zero attached hydrogens (tertiary/aromatic N) is 2. The first-order valence-corrected chi connectivity index (χ1v) is 6.18. The topological polar surface area (TPSA) is 57.8 Å². The zero-order valence-electron chi connectivity index (χ0n) is 9.72. The summed E-state index contributed by atoms with van der Waals surface area (Å²) in [5.74, 6) is 0.215. The van der Waals surface area contributed by atoms with Gasteiger partial charge < -0.3 is 9.88 Å². The molecule has 0 spiro atoms. The summed E-state index contributed by atoms with van der Waals surface area (Å²) in [6.07, 6.45) is 4.13. The van der Waals surface area contributed by atoms with Crippen molar-refractivity contribution in [2.75, 3.05) is 11.2 Å². The van der Waals surface area contributed by atoms with Crippen LogP contribution < -0.4 is 5.32 Å². The summed E-state index contributed by atoms with van der Waals surface area (Å²) in [7, 11) is 1.88. The molecule has 1 aromatic rings. The number of aromatic nitrogens is 1. The van der Waals surface area contributed by atoms with E-state index < -0.39 is 0 Å². The molecule has 1 aliphatic rings. The maximum atomic E-state index is 11.3. The zero-order valence-corrected chi connectivity index (χ0v) is 10.5. The van der Waals surface area contributed by atoms with Crippen LogP contribution in [0.4, 0.5) is 5.82 Å². The molecule has 0 unspecified atom stereocenters. The maximum absolute atomic E-state index is 11.3. The van der Waals surface area contributed by atoms with E-state index in [-0.39, 0.29) is 11.8 Å². The molecule has 1 aromatic heterocycles. The van der Waals surface area contributed by atoms with E-state index in [4.69, 9.17) is 11.6 Å². The maximum Gasteiger partial charge on any atom is 0.240 e. The van der Waals surface area contributed by atoms with E-state index in [1.54, 1.807) is 0 Å². The second-order valence-electron chi connectivity index (χ2n) is 4.21. The lowest BCUT2D eigenvalue weighted by Crippen LogP contribution is -2.16. The van der Waals surface area contributed by atoms with Gasteiger partial charge in [0.1, 0.15) is 17.8 Å². The van der Waals surface area contributed by atoms with Crippen LogP contribution in [0.25, 0.3) is 0 Å². The highest BCUT2D eigenvalue weighted by molar-refractivity contribution is 6.29. The molecule has 0 saturated carbocycles. The van der Waals surface area contributed by atoms with E-state index in [0.29, 0.717) is 11.4 Å². The van der Waals surface area contributed by atoms with E-state index in [2.05, 4.69) is 11.4 Å². The van der Waals surface area contributed by atoms with Gasteiger partial charge in [0.15, 0.2) is 0 Å². The van der Waals surface area contributed by atoms with Crippen LogP contribution >= 0.6 is 11.6 Å². The Morgan fingerprint density at radius 1 is 1.53 bits per heavy atom. The van der Waals surface area contributed by atoms with E-state index in [1.165, 1.54) is 0 Å². The zero-order chi connectivity index (χ0) is 12.4. The predicted octanol–water partition coefficient (Wildman–Crippen LogP) is 1.95. The highest BCUT2D eigenvalue weighted by Gasteiger charge is 2.23. The molecule has 0 aromatic carbocycles. The molecule has 0 saturated heterocycles. The van der Waals surface area contributed by atoms with Gasteiger partial charge in [0.05, 0.1) is 5.56 Å². The first-order valence-electron chi connectivity index (χ1n) is 5.65. The second kappa shape index (κ2) is 4.80. The quantitative estimate of drug-likeness (QED) is 0.817. The van der Waals surface area contributed by atoms with Crippen LogP contribution in [0.2, 0.25) is 0 Å². The standard InChI is InChI=1S/C12H14ClN3O/c1-16-10-5-3-2-4-8(10)9(7-14)12(16)15-11(17)6-13/h2-6H2,1H3,(H,15,17). The normalized spacial score (nSPS) is 13.9. The molecule has 1 N–H and O–H groups in total. The Bertz CT molecular complexity index is 499. The molecule has 0 atom stereocenters. The van der Waals surface area contributed by atoms with Gasteiger partial charge in [0.25, 0.3) is 0 Å². The first-order chi connectivity index (χ1) is 8.19. The Balaban J connectivity index is 2.47. The molecule has 0 fully saturated rings. The van der Waals surface area contributed by atoms with Crippen LogP contribution in [0.1, 0.15) is 29.7 Å². The van der Waals surface area contributed by atoms with Gasteiger partial charge in [-0.1, -0.05) is 0 Å². The molecule has 17 heavy (non-hydrogen) atoms. The van der Waals surface area contributed by atoms with Gasteiger partial charge in [-0.15, -0.1) is 11.6 Å². The number of hydrogen-bond donors (Lipinski definition) is 1. The van der Waals surface area contributed by atoms with Crippen molar-refractivity contribution in [2.45, 2.75) is 25.7 Å². The van der Waals surface area contributed by atoms with E-state index in [9.17, 15) is 10.1 Å². The Morgan fingerprint density at radius 2 is 2.24 bits per heavy atom. The number of fused-ring (bicyclic) bond motifs is 1. The number of carbonyl (C=O) groups is 1. The van der Waals surface area contributed by atoms with Crippen molar-refractivity contribution in [3.63, 3.8) is 0 Å². The fraction of sp³-hybridized carbons (Fsp3) is 0.500. The molecule has 4 nitrogen and oxygen atoms in total. The van der Waals surface area contributed by atoms with Crippen LogP contribution in [0.3, 0.4) is 0 Å². The van der Waals surface area contributed by atoms with Gasteiger partial charge in [0.2, 0.25) is 5.91 Å². The van der Waals surface area contributed by atoms with Gasteiger partial charge in [0, 0.05) is 12.7 Å². The fourth-order valence-corrected chi connectivity index (χ4v) is 2.47. The van der Waals surface area contributed by atoms with Gasteiger partial charge in [-0.3, -0.25) is 4.79 Å². The van der Waals surface area contributed by atoms with Crippen molar-refractivity contribution in [1.29, 1.82) is 5.26 Å². The van der Waals surface area contributed by atoms with Crippen molar-refractivity contribution < 1.29 is 4.79 Å². The molecule has 1 aliphatic carbocycles.